The Morgan fingerprint density at radius 1 is 1.12 bits per heavy atom. The normalized spacial score (nSPS) is 16.3. The van der Waals surface area contributed by atoms with Crippen molar-refractivity contribution in [3.05, 3.63) is 57.9 Å². The number of rotatable bonds is 7. The zero-order chi connectivity index (χ0) is 23.8. The lowest BCUT2D eigenvalue weighted by Gasteiger charge is -2.17. The first-order chi connectivity index (χ1) is 15.6. The van der Waals surface area contributed by atoms with Crippen molar-refractivity contribution in [1.29, 1.82) is 0 Å². The highest BCUT2D eigenvalue weighted by atomic mass is 32.1. The Morgan fingerprint density at radius 3 is 2.64 bits per heavy atom. The van der Waals surface area contributed by atoms with Crippen LogP contribution in [0.5, 0.6) is 0 Å². The molecule has 1 fully saturated rings. The number of aromatic nitrogens is 1. The lowest BCUT2D eigenvalue weighted by molar-refractivity contribution is -0.128. The molecule has 3 heterocycles. The molecule has 0 saturated carbocycles. The molecular weight excluding hydrogens is 440 g/mol. The second kappa shape index (κ2) is 8.82. The second-order valence-electron chi connectivity index (χ2n) is 9.11. The smallest absolute Gasteiger partial charge is 0.325 e. The third-order valence-electron chi connectivity index (χ3n) is 5.55. The minimum Gasteiger partial charge on any atom is -0.361 e. The molecule has 2 aromatic heterocycles. The first kappa shape index (κ1) is 22.7. The third-order valence-corrected chi connectivity index (χ3v) is 6.67. The first-order valence-corrected chi connectivity index (χ1v) is 11.5. The van der Waals surface area contributed by atoms with E-state index in [0.29, 0.717) is 17.8 Å². The van der Waals surface area contributed by atoms with Gasteiger partial charge in [0, 0.05) is 33.8 Å². The number of nitrogens with zero attached hydrogens (tertiary/aromatic N) is 1. The van der Waals surface area contributed by atoms with Crippen molar-refractivity contribution < 1.29 is 19.2 Å². The summed E-state index contributed by atoms with van der Waals surface area (Å²) in [5.41, 5.74) is 1.39. The molecule has 9 heteroatoms. The molecule has 1 aromatic carbocycles. The van der Waals surface area contributed by atoms with Gasteiger partial charge in [0.25, 0.3) is 5.91 Å². The van der Waals surface area contributed by atoms with Gasteiger partial charge in [-0.1, -0.05) is 39.0 Å². The predicted octanol–water partition coefficient (Wildman–Crippen LogP) is 3.24. The number of para-hydroxylation sites is 1. The third kappa shape index (κ3) is 4.83. The Balaban J connectivity index is 1.37. The molecule has 1 atom stereocenters. The molecule has 0 spiro atoms. The van der Waals surface area contributed by atoms with E-state index in [0.717, 1.165) is 26.2 Å². The quantitative estimate of drug-likeness (QED) is 0.367. The average Bonchev–Trinajstić information content (AvgIpc) is 3.47. The van der Waals surface area contributed by atoms with Crippen LogP contribution in [0.15, 0.2) is 42.6 Å². The van der Waals surface area contributed by atoms with Crippen molar-refractivity contribution >= 4 is 45.9 Å². The van der Waals surface area contributed by atoms with Gasteiger partial charge in [-0.05, 0) is 23.8 Å². The summed E-state index contributed by atoms with van der Waals surface area (Å²) in [5.74, 6) is -0.804. The van der Waals surface area contributed by atoms with Crippen LogP contribution in [0.2, 0.25) is 0 Å². The summed E-state index contributed by atoms with van der Waals surface area (Å²) in [7, 11) is 0. The van der Waals surface area contributed by atoms with E-state index in [9.17, 15) is 19.2 Å². The summed E-state index contributed by atoms with van der Waals surface area (Å²) in [6.45, 7) is 5.49. The van der Waals surface area contributed by atoms with Crippen LogP contribution in [0.25, 0.3) is 10.9 Å². The standard InChI is InChI=1S/C24H26N4O4S/c1-24(2,3)22(31)26-12-15-8-9-20(33-15)19(29)13-28-21(30)18(27-23(28)32)10-14-11-25-17-7-5-4-6-16(14)17/h4-9,11,18,25H,10,12-13H2,1-3H3,(H,26,31)(H,27,32). The molecule has 0 aliphatic carbocycles. The second-order valence-corrected chi connectivity index (χ2v) is 10.3. The molecule has 3 N–H and O–H groups in total. The topological polar surface area (TPSA) is 111 Å². The Bertz CT molecular complexity index is 1240. The van der Waals surface area contributed by atoms with Crippen molar-refractivity contribution in [2.45, 2.75) is 39.8 Å². The van der Waals surface area contributed by atoms with E-state index in [1.54, 1.807) is 12.1 Å². The number of carbonyl (C=O) groups is 4. The number of ketones is 1. The van der Waals surface area contributed by atoms with Crippen LogP contribution in [0.3, 0.4) is 0 Å². The number of fused-ring (bicyclic) bond motifs is 1. The van der Waals surface area contributed by atoms with Crippen LogP contribution in [-0.2, 0) is 22.6 Å². The molecule has 1 aliphatic rings. The number of hydrogen-bond donors (Lipinski definition) is 3. The van der Waals surface area contributed by atoms with E-state index in [-0.39, 0.29) is 18.2 Å². The number of thiophene rings is 1. The molecule has 1 saturated heterocycles. The zero-order valence-electron chi connectivity index (χ0n) is 18.7. The number of hydrogen-bond acceptors (Lipinski definition) is 5. The van der Waals surface area contributed by atoms with Crippen LogP contribution >= 0.6 is 11.3 Å². The maximum atomic E-state index is 12.9. The number of benzene rings is 1. The van der Waals surface area contributed by atoms with Crippen molar-refractivity contribution in [1.82, 2.24) is 20.5 Å². The Labute approximate surface area is 195 Å². The number of imide groups is 1. The minimum absolute atomic E-state index is 0.0793. The summed E-state index contributed by atoms with van der Waals surface area (Å²) >= 11 is 1.25. The highest BCUT2D eigenvalue weighted by Crippen LogP contribution is 2.23. The van der Waals surface area contributed by atoms with Gasteiger partial charge in [-0.15, -0.1) is 11.3 Å². The number of H-pyrrole nitrogens is 1. The molecule has 4 rings (SSSR count). The molecule has 33 heavy (non-hydrogen) atoms. The van der Waals surface area contributed by atoms with Gasteiger partial charge >= 0.3 is 6.03 Å². The van der Waals surface area contributed by atoms with Gasteiger partial charge in [0.1, 0.15) is 6.04 Å². The maximum Gasteiger partial charge on any atom is 0.325 e. The summed E-state index contributed by atoms with van der Waals surface area (Å²) < 4.78 is 0. The van der Waals surface area contributed by atoms with Crippen molar-refractivity contribution in [3.63, 3.8) is 0 Å². The van der Waals surface area contributed by atoms with Crippen molar-refractivity contribution in [2.75, 3.05) is 6.54 Å². The summed E-state index contributed by atoms with van der Waals surface area (Å²) in [6.07, 6.45) is 2.18. The van der Waals surface area contributed by atoms with Crippen LogP contribution < -0.4 is 10.6 Å². The molecule has 1 unspecified atom stereocenters. The summed E-state index contributed by atoms with van der Waals surface area (Å²) in [6, 6.07) is 9.91. The van der Waals surface area contributed by atoms with E-state index in [4.69, 9.17) is 0 Å². The van der Waals surface area contributed by atoms with E-state index in [1.165, 1.54) is 11.3 Å². The van der Waals surface area contributed by atoms with Crippen molar-refractivity contribution in [3.8, 4) is 0 Å². The maximum absolute atomic E-state index is 12.9. The Morgan fingerprint density at radius 2 is 1.88 bits per heavy atom. The van der Waals surface area contributed by atoms with E-state index < -0.39 is 23.4 Å². The average molecular weight is 467 g/mol. The van der Waals surface area contributed by atoms with E-state index in [1.807, 2.05) is 51.2 Å². The lowest BCUT2D eigenvalue weighted by Crippen LogP contribution is -2.36. The van der Waals surface area contributed by atoms with Gasteiger partial charge < -0.3 is 15.6 Å². The van der Waals surface area contributed by atoms with E-state index >= 15 is 0 Å². The van der Waals surface area contributed by atoms with Gasteiger partial charge in [-0.25, -0.2) is 4.79 Å². The fraction of sp³-hybridized carbons (Fsp3) is 0.333. The number of carbonyl (C=O) groups excluding carboxylic acids is 4. The van der Waals surface area contributed by atoms with Crippen LogP contribution in [0, 0.1) is 5.41 Å². The number of Topliss-reactive ketones (excluding diaryl/α,β-unsaturated/α-hetero) is 1. The molecular formula is C24H26N4O4S. The zero-order valence-corrected chi connectivity index (χ0v) is 19.5. The monoisotopic (exact) mass is 466 g/mol. The molecule has 8 nitrogen and oxygen atoms in total. The number of aromatic amines is 1. The molecule has 0 bridgehead atoms. The van der Waals surface area contributed by atoms with Crippen LogP contribution in [-0.4, -0.2) is 46.1 Å². The van der Waals surface area contributed by atoms with Gasteiger partial charge in [0.05, 0.1) is 18.0 Å². The van der Waals surface area contributed by atoms with Crippen LogP contribution in [0.4, 0.5) is 4.79 Å². The highest BCUT2D eigenvalue weighted by molar-refractivity contribution is 7.14. The minimum atomic E-state index is -0.712. The lowest BCUT2D eigenvalue weighted by atomic mass is 9.96. The fourth-order valence-corrected chi connectivity index (χ4v) is 4.54. The van der Waals surface area contributed by atoms with Crippen LogP contribution in [0.1, 0.15) is 40.9 Å². The highest BCUT2D eigenvalue weighted by Gasteiger charge is 2.39. The Hall–Kier alpha value is -3.46. The molecule has 3 aromatic rings. The van der Waals surface area contributed by atoms with Gasteiger partial charge in [-0.2, -0.15) is 0 Å². The SMILES string of the molecule is CC(C)(C)C(=O)NCc1ccc(C(=O)CN2C(=O)NC(Cc3c[nH]c4ccccc34)C2=O)s1. The predicted molar refractivity (Wildman–Crippen MR) is 126 cm³/mol. The first-order valence-electron chi connectivity index (χ1n) is 10.7. The summed E-state index contributed by atoms with van der Waals surface area (Å²) in [5, 5.41) is 6.54. The molecule has 1 aliphatic heterocycles. The summed E-state index contributed by atoms with van der Waals surface area (Å²) in [4.78, 5) is 55.5. The Kier molecular flexibility index (Phi) is 6.07. The van der Waals surface area contributed by atoms with Gasteiger partial charge in [0.15, 0.2) is 5.78 Å². The molecule has 0 radical (unpaired) electrons. The number of amides is 4. The van der Waals surface area contributed by atoms with Crippen molar-refractivity contribution in [2.24, 2.45) is 5.41 Å². The largest absolute Gasteiger partial charge is 0.361 e. The number of urea groups is 1. The van der Waals surface area contributed by atoms with Gasteiger partial charge in [0.2, 0.25) is 5.91 Å². The molecule has 172 valence electrons. The number of nitrogens with one attached hydrogen (secondary N) is 3. The molecule has 4 amide bonds. The fourth-order valence-electron chi connectivity index (χ4n) is 3.66. The van der Waals surface area contributed by atoms with E-state index in [2.05, 4.69) is 15.6 Å². The van der Waals surface area contributed by atoms with Gasteiger partial charge in [-0.3, -0.25) is 19.3 Å².